The number of phenols is 1. The number of aryl methyl sites for hydroxylation is 3. The number of hydrogen-bond acceptors (Lipinski definition) is 5. The topological polar surface area (TPSA) is 80.0 Å². The Morgan fingerprint density at radius 1 is 0.971 bits per heavy atom. The average Bonchev–Trinajstić information content (AvgIpc) is 3.07. The fourth-order valence-electron chi connectivity index (χ4n) is 4.78. The first kappa shape index (κ1) is 21.8. The van der Waals surface area contributed by atoms with E-state index < -0.39 is 6.04 Å². The molecule has 5 rings (SSSR count). The minimum absolute atomic E-state index is 0.0160. The third kappa shape index (κ3) is 3.43. The van der Waals surface area contributed by atoms with Gasteiger partial charge in [-0.3, -0.25) is 9.59 Å². The SMILES string of the molecule is COc1cc(C2c3c(oc4cc(C)cc(C)c4c3=O)C(=O)N2Cc2ccc(C)cc2)ccc1O. The first-order valence-electron chi connectivity index (χ1n) is 11.1. The fourth-order valence-corrected chi connectivity index (χ4v) is 4.78. The van der Waals surface area contributed by atoms with Crippen LogP contribution in [0.1, 0.15) is 50.0 Å². The van der Waals surface area contributed by atoms with Crippen molar-refractivity contribution >= 4 is 16.9 Å². The van der Waals surface area contributed by atoms with Crippen LogP contribution in [0.4, 0.5) is 0 Å². The second-order valence-electron chi connectivity index (χ2n) is 8.88. The number of methoxy groups -OCH3 is 1. The van der Waals surface area contributed by atoms with Gasteiger partial charge in [-0.05, 0) is 61.2 Å². The quantitative estimate of drug-likeness (QED) is 0.459. The van der Waals surface area contributed by atoms with Gasteiger partial charge < -0.3 is 19.2 Å². The summed E-state index contributed by atoms with van der Waals surface area (Å²) in [6, 6.07) is 15.9. The van der Waals surface area contributed by atoms with E-state index in [2.05, 4.69) is 0 Å². The molecular formula is C28H25NO5. The minimum Gasteiger partial charge on any atom is -0.504 e. The van der Waals surface area contributed by atoms with E-state index >= 15 is 0 Å². The second kappa shape index (κ2) is 8.06. The highest BCUT2D eigenvalue weighted by molar-refractivity contribution is 5.99. The van der Waals surface area contributed by atoms with Crippen molar-refractivity contribution in [3.05, 3.63) is 104 Å². The molecule has 34 heavy (non-hydrogen) atoms. The van der Waals surface area contributed by atoms with Gasteiger partial charge in [-0.15, -0.1) is 0 Å². The van der Waals surface area contributed by atoms with Crippen LogP contribution < -0.4 is 10.2 Å². The Kier molecular flexibility index (Phi) is 5.16. The van der Waals surface area contributed by atoms with Crippen molar-refractivity contribution in [3.8, 4) is 11.5 Å². The van der Waals surface area contributed by atoms with Crippen LogP contribution >= 0.6 is 0 Å². The van der Waals surface area contributed by atoms with Crippen molar-refractivity contribution in [1.82, 2.24) is 4.90 Å². The zero-order valence-electron chi connectivity index (χ0n) is 19.5. The van der Waals surface area contributed by atoms with Gasteiger partial charge >= 0.3 is 0 Å². The van der Waals surface area contributed by atoms with Gasteiger partial charge in [-0.25, -0.2) is 0 Å². The van der Waals surface area contributed by atoms with Gasteiger partial charge in [0.25, 0.3) is 5.91 Å². The van der Waals surface area contributed by atoms with E-state index in [9.17, 15) is 14.7 Å². The van der Waals surface area contributed by atoms with Crippen molar-refractivity contribution in [1.29, 1.82) is 0 Å². The molecule has 1 atom stereocenters. The van der Waals surface area contributed by atoms with Gasteiger partial charge in [-0.2, -0.15) is 0 Å². The molecule has 2 heterocycles. The maximum absolute atomic E-state index is 13.8. The van der Waals surface area contributed by atoms with Crippen LogP contribution in [-0.2, 0) is 6.54 Å². The molecule has 0 saturated carbocycles. The van der Waals surface area contributed by atoms with Crippen LogP contribution in [0.2, 0.25) is 0 Å². The molecule has 0 spiro atoms. The zero-order valence-corrected chi connectivity index (χ0v) is 19.5. The summed E-state index contributed by atoms with van der Waals surface area (Å²) in [7, 11) is 1.46. The smallest absolute Gasteiger partial charge is 0.291 e. The lowest BCUT2D eigenvalue weighted by molar-refractivity contribution is 0.0714. The van der Waals surface area contributed by atoms with Crippen LogP contribution in [-0.4, -0.2) is 23.0 Å². The largest absolute Gasteiger partial charge is 0.504 e. The van der Waals surface area contributed by atoms with Gasteiger partial charge in [0.05, 0.1) is 24.1 Å². The van der Waals surface area contributed by atoms with E-state index in [0.717, 1.165) is 22.3 Å². The van der Waals surface area contributed by atoms with E-state index in [1.165, 1.54) is 13.2 Å². The normalized spacial score (nSPS) is 15.1. The third-order valence-corrected chi connectivity index (χ3v) is 6.41. The lowest BCUT2D eigenvalue weighted by atomic mass is 9.96. The number of carbonyl (C=O) groups is 1. The number of nitrogens with zero attached hydrogens (tertiary/aromatic N) is 1. The number of carbonyl (C=O) groups excluding carboxylic acids is 1. The molecular weight excluding hydrogens is 430 g/mol. The maximum Gasteiger partial charge on any atom is 0.291 e. The first-order chi connectivity index (χ1) is 16.3. The molecule has 0 radical (unpaired) electrons. The molecule has 1 amide bonds. The molecule has 3 aromatic carbocycles. The lowest BCUT2D eigenvalue weighted by Gasteiger charge is -2.25. The Balaban J connectivity index is 1.76. The highest BCUT2D eigenvalue weighted by Crippen LogP contribution is 2.41. The lowest BCUT2D eigenvalue weighted by Crippen LogP contribution is -2.29. The Hall–Kier alpha value is -4.06. The summed E-state index contributed by atoms with van der Waals surface area (Å²) in [5.41, 5.74) is 4.97. The molecule has 1 N–H and O–H groups in total. The second-order valence-corrected chi connectivity index (χ2v) is 8.88. The van der Waals surface area contributed by atoms with Crippen molar-refractivity contribution in [2.45, 2.75) is 33.4 Å². The van der Waals surface area contributed by atoms with Crippen LogP contribution in [0.25, 0.3) is 11.0 Å². The minimum atomic E-state index is -0.681. The van der Waals surface area contributed by atoms with Crippen molar-refractivity contribution in [2.24, 2.45) is 0 Å². The van der Waals surface area contributed by atoms with Crippen molar-refractivity contribution in [2.75, 3.05) is 7.11 Å². The number of ether oxygens (including phenoxy) is 1. The molecule has 4 aromatic rings. The predicted octanol–water partition coefficient (Wildman–Crippen LogP) is 5.18. The van der Waals surface area contributed by atoms with Crippen LogP contribution in [0.5, 0.6) is 11.5 Å². The summed E-state index contributed by atoms with van der Waals surface area (Å²) in [5.74, 6) is -0.0270. The molecule has 6 heteroatoms. The molecule has 1 unspecified atom stereocenters. The Morgan fingerprint density at radius 2 is 1.71 bits per heavy atom. The predicted molar refractivity (Wildman–Crippen MR) is 130 cm³/mol. The van der Waals surface area contributed by atoms with Gasteiger partial charge in [0.15, 0.2) is 16.9 Å². The zero-order chi connectivity index (χ0) is 24.1. The molecule has 172 valence electrons. The molecule has 6 nitrogen and oxygen atoms in total. The number of amides is 1. The van der Waals surface area contributed by atoms with E-state index in [4.69, 9.17) is 9.15 Å². The van der Waals surface area contributed by atoms with Crippen LogP contribution in [0.3, 0.4) is 0 Å². The summed E-state index contributed by atoms with van der Waals surface area (Å²) >= 11 is 0. The number of benzene rings is 3. The third-order valence-electron chi connectivity index (χ3n) is 6.41. The summed E-state index contributed by atoms with van der Waals surface area (Å²) in [5, 5.41) is 10.6. The molecule has 1 aromatic heterocycles. The molecule has 0 aliphatic carbocycles. The van der Waals surface area contributed by atoms with Gasteiger partial charge in [-0.1, -0.05) is 42.0 Å². The summed E-state index contributed by atoms with van der Waals surface area (Å²) in [6.07, 6.45) is 0. The number of fused-ring (bicyclic) bond motifs is 2. The molecule has 1 aliphatic rings. The van der Waals surface area contributed by atoms with E-state index in [1.54, 1.807) is 23.1 Å². The summed E-state index contributed by atoms with van der Waals surface area (Å²) < 4.78 is 11.4. The molecule has 1 aliphatic heterocycles. The standard InChI is InChI=1S/C28H25NO5/c1-15-5-7-18(8-6-15)14-29-25(19-9-10-20(30)21(13-19)33-4)24-26(31)23-17(3)11-16(2)12-22(23)34-27(24)28(29)32/h5-13,25,30H,14H2,1-4H3. The van der Waals surface area contributed by atoms with E-state index in [-0.39, 0.29) is 28.6 Å². The number of rotatable bonds is 4. The maximum atomic E-state index is 13.8. The Labute approximate surface area is 197 Å². The summed E-state index contributed by atoms with van der Waals surface area (Å²) in [4.78, 5) is 29.1. The van der Waals surface area contributed by atoms with Crippen molar-refractivity contribution in [3.63, 3.8) is 0 Å². The molecule has 0 fully saturated rings. The highest BCUT2D eigenvalue weighted by Gasteiger charge is 2.43. The van der Waals surface area contributed by atoms with Crippen LogP contribution in [0.15, 0.2) is 63.8 Å². The Morgan fingerprint density at radius 3 is 2.41 bits per heavy atom. The Bertz CT molecular complexity index is 1500. The van der Waals surface area contributed by atoms with Crippen molar-refractivity contribution < 1.29 is 19.1 Å². The molecule has 0 saturated heterocycles. The fraction of sp³-hybridized carbons (Fsp3) is 0.214. The first-order valence-corrected chi connectivity index (χ1v) is 11.1. The van der Waals surface area contributed by atoms with Crippen LogP contribution in [0, 0.1) is 20.8 Å². The monoisotopic (exact) mass is 455 g/mol. The number of phenolic OH excluding ortho intramolecular Hbond substituents is 1. The van der Waals surface area contributed by atoms with Gasteiger partial charge in [0.1, 0.15) is 5.58 Å². The number of aromatic hydroxyl groups is 1. The average molecular weight is 456 g/mol. The highest BCUT2D eigenvalue weighted by atomic mass is 16.5. The van der Waals surface area contributed by atoms with Gasteiger partial charge in [0, 0.05) is 6.54 Å². The summed E-state index contributed by atoms with van der Waals surface area (Å²) in [6.45, 7) is 6.10. The molecule has 0 bridgehead atoms. The number of hydrogen-bond donors (Lipinski definition) is 1. The van der Waals surface area contributed by atoms with Gasteiger partial charge in [0.2, 0.25) is 5.76 Å². The van der Waals surface area contributed by atoms with E-state index in [0.29, 0.717) is 28.6 Å². The van der Waals surface area contributed by atoms with E-state index in [1.807, 2.05) is 51.1 Å².